The number of hydrogen-bond donors (Lipinski definition) is 2. The van der Waals surface area contributed by atoms with Crippen molar-refractivity contribution >= 4 is 35.1 Å². The van der Waals surface area contributed by atoms with Crippen molar-refractivity contribution in [2.45, 2.75) is 19.4 Å². The maximum Gasteiger partial charge on any atom is 0.307 e. The van der Waals surface area contributed by atoms with Crippen molar-refractivity contribution in [2.24, 2.45) is 0 Å². The van der Waals surface area contributed by atoms with Gasteiger partial charge in [-0.2, -0.15) is 0 Å². The zero-order chi connectivity index (χ0) is 19.1. The molecule has 0 bridgehead atoms. The molecule has 0 fully saturated rings. The Labute approximate surface area is 156 Å². The van der Waals surface area contributed by atoms with Gasteiger partial charge in [0.15, 0.2) is 0 Å². The molecule has 2 rings (SSSR count). The van der Waals surface area contributed by atoms with Gasteiger partial charge < -0.3 is 15.4 Å². The minimum Gasteiger partial charge on any atom is -0.469 e. The number of esters is 1. The van der Waals surface area contributed by atoms with Crippen molar-refractivity contribution in [3.63, 3.8) is 0 Å². The molecule has 0 aliphatic heterocycles. The van der Waals surface area contributed by atoms with Crippen molar-refractivity contribution in [1.29, 1.82) is 0 Å². The number of halogens is 1. The van der Waals surface area contributed by atoms with Crippen LogP contribution in [0.15, 0.2) is 48.5 Å². The van der Waals surface area contributed by atoms with E-state index < -0.39 is 17.9 Å². The summed E-state index contributed by atoms with van der Waals surface area (Å²) in [6.45, 7) is 1.39. The predicted octanol–water partition coefficient (Wildman–Crippen LogP) is 3.33. The van der Waals surface area contributed by atoms with Crippen LogP contribution >= 0.6 is 11.6 Å². The van der Waals surface area contributed by atoms with Crippen LogP contribution < -0.4 is 10.6 Å². The van der Waals surface area contributed by atoms with E-state index in [9.17, 15) is 14.4 Å². The molecule has 1 unspecified atom stereocenters. The first kappa shape index (κ1) is 19.5. The van der Waals surface area contributed by atoms with Gasteiger partial charge in [-0.25, -0.2) is 0 Å². The molecular weight excluding hydrogens is 356 g/mol. The number of carbonyl (C=O) groups excluding carboxylic acids is 3. The Balaban J connectivity index is 2.25. The minimum absolute atomic E-state index is 0.0582. The van der Waals surface area contributed by atoms with Crippen LogP contribution in [0.4, 0.5) is 5.69 Å². The first-order valence-electron chi connectivity index (χ1n) is 7.90. The van der Waals surface area contributed by atoms with Gasteiger partial charge in [-0.1, -0.05) is 35.9 Å². The van der Waals surface area contributed by atoms with Gasteiger partial charge in [0, 0.05) is 23.2 Å². The molecule has 2 amide bonds. The Morgan fingerprint density at radius 2 is 1.85 bits per heavy atom. The molecule has 0 radical (unpaired) electrons. The first-order chi connectivity index (χ1) is 12.4. The second kappa shape index (κ2) is 9.01. The number of hydrogen-bond acceptors (Lipinski definition) is 4. The van der Waals surface area contributed by atoms with Crippen LogP contribution in [-0.4, -0.2) is 24.9 Å². The van der Waals surface area contributed by atoms with E-state index in [2.05, 4.69) is 10.6 Å². The Hall–Kier alpha value is -2.86. The summed E-state index contributed by atoms with van der Waals surface area (Å²) in [5.74, 6) is -1.10. The van der Waals surface area contributed by atoms with Gasteiger partial charge in [-0.05, 0) is 29.8 Å². The lowest BCUT2D eigenvalue weighted by Gasteiger charge is -2.19. The standard InChI is InChI=1S/C19H19ClN2O4/c1-12(23)21-14-7-5-6-13(10-14)19(25)22-17(11-18(24)26-2)15-8-3-4-9-16(15)20/h3-10,17H,11H2,1-2H3,(H,21,23)(H,22,25). The number of ether oxygens (including phenoxy) is 1. The lowest BCUT2D eigenvalue weighted by atomic mass is 10.0. The number of methoxy groups -OCH3 is 1. The Bertz CT molecular complexity index is 823. The molecule has 0 aromatic heterocycles. The maximum atomic E-state index is 12.6. The highest BCUT2D eigenvalue weighted by Gasteiger charge is 2.21. The van der Waals surface area contributed by atoms with Crippen LogP contribution in [-0.2, 0) is 14.3 Å². The molecule has 0 saturated heterocycles. The van der Waals surface area contributed by atoms with Crippen LogP contribution in [0.2, 0.25) is 5.02 Å². The van der Waals surface area contributed by atoms with Gasteiger partial charge in [-0.15, -0.1) is 0 Å². The summed E-state index contributed by atoms with van der Waals surface area (Å²) in [6, 6.07) is 12.8. The SMILES string of the molecule is COC(=O)CC(NC(=O)c1cccc(NC(C)=O)c1)c1ccccc1Cl. The number of amides is 2. The molecule has 6 nitrogen and oxygen atoms in total. The monoisotopic (exact) mass is 374 g/mol. The third kappa shape index (κ3) is 5.32. The Morgan fingerprint density at radius 1 is 1.12 bits per heavy atom. The third-order valence-corrected chi connectivity index (χ3v) is 3.97. The van der Waals surface area contributed by atoms with Crippen LogP contribution in [0.25, 0.3) is 0 Å². The van der Waals surface area contributed by atoms with E-state index in [4.69, 9.17) is 16.3 Å². The number of rotatable bonds is 6. The number of carbonyl (C=O) groups is 3. The first-order valence-corrected chi connectivity index (χ1v) is 8.28. The molecule has 0 aliphatic carbocycles. The molecule has 26 heavy (non-hydrogen) atoms. The highest BCUT2D eigenvalue weighted by Crippen LogP contribution is 2.26. The Kier molecular flexibility index (Phi) is 6.74. The normalized spacial score (nSPS) is 11.3. The second-order valence-corrected chi connectivity index (χ2v) is 6.00. The molecule has 2 aromatic carbocycles. The van der Waals surface area contributed by atoms with Gasteiger partial charge in [-0.3, -0.25) is 14.4 Å². The zero-order valence-electron chi connectivity index (χ0n) is 14.4. The van der Waals surface area contributed by atoms with Crippen molar-refractivity contribution in [3.8, 4) is 0 Å². The molecule has 2 aromatic rings. The quantitative estimate of drug-likeness (QED) is 0.759. The molecule has 0 saturated carbocycles. The maximum absolute atomic E-state index is 12.6. The van der Waals surface area contributed by atoms with Gasteiger partial charge in [0.2, 0.25) is 5.91 Å². The smallest absolute Gasteiger partial charge is 0.307 e. The summed E-state index contributed by atoms with van der Waals surface area (Å²) in [7, 11) is 1.28. The van der Waals surface area contributed by atoms with E-state index in [-0.39, 0.29) is 12.3 Å². The highest BCUT2D eigenvalue weighted by atomic mass is 35.5. The van der Waals surface area contributed by atoms with E-state index in [1.807, 2.05) is 0 Å². The summed E-state index contributed by atoms with van der Waals surface area (Å²) < 4.78 is 4.71. The molecule has 136 valence electrons. The van der Waals surface area contributed by atoms with Gasteiger partial charge in [0.1, 0.15) is 0 Å². The zero-order valence-corrected chi connectivity index (χ0v) is 15.2. The average Bonchev–Trinajstić information content (AvgIpc) is 2.61. The van der Waals surface area contributed by atoms with Crippen molar-refractivity contribution in [3.05, 3.63) is 64.7 Å². The predicted molar refractivity (Wildman–Crippen MR) is 99.0 cm³/mol. The highest BCUT2D eigenvalue weighted by molar-refractivity contribution is 6.31. The topological polar surface area (TPSA) is 84.5 Å². The van der Waals surface area contributed by atoms with E-state index in [1.165, 1.54) is 14.0 Å². The fourth-order valence-electron chi connectivity index (χ4n) is 2.43. The third-order valence-electron chi connectivity index (χ3n) is 3.63. The number of nitrogens with one attached hydrogen (secondary N) is 2. The molecule has 7 heteroatoms. The van der Waals surface area contributed by atoms with Crippen LogP contribution in [0.5, 0.6) is 0 Å². The van der Waals surface area contributed by atoms with Gasteiger partial charge in [0.25, 0.3) is 5.91 Å². The van der Waals surface area contributed by atoms with Crippen LogP contribution in [0.3, 0.4) is 0 Å². The molecule has 0 spiro atoms. The van der Waals surface area contributed by atoms with Crippen LogP contribution in [0.1, 0.15) is 35.3 Å². The fourth-order valence-corrected chi connectivity index (χ4v) is 2.70. The lowest BCUT2D eigenvalue weighted by molar-refractivity contribution is -0.141. The molecule has 1 atom stereocenters. The molecule has 0 heterocycles. The lowest BCUT2D eigenvalue weighted by Crippen LogP contribution is -2.30. The van der Waals surface area contributed by atoms with Crippen LogP contribution in [0, 0.1) is 0 Å². The van der Waals surface area contributed by atoms with E-state index >= 15 is 0 Å². The molecular formula is C19H19ClN2O4. The average molecular weight is 375 g/mol. The second-order valence-electron chi connectivity index (χ2n) is 5.59. The summed E-state index contributed by atoms with van der Waals surface area (Å²) >= 11 is 6.21. The van der Waals surface area contributed by atoms with E-state index in [1.54, 1.807) is 48.5 Å². The van der Waals surface area contributed by atoms with E-state index in [0.29, 0.717) is 21.8 Å². The van der Waals surface area contributed by atoms with Gasteiger partial charge >= 0.3 is 5.97 Å². The number of benzene rings is 2. The summed E-state index contributed by atoms with van der Waals surface area (Å²) in [6.07, 6.45) is -0.0582. The van der Waals surface area contributed by atoms with Crippen molar-refractivity contribution in [2.75, 3.05) is 12.4 Å². The summed E-state index contributed by atoms with van der Waals surface area (Å²) in [5.41, 5.74) is 1.47. The van der Waals surface area contributed by atoms with Gasteiger partial charge in [0.05, 0.1) is 19.6 Å². The van der Waals surface area contributed by atoms with E-state index in [0.717, 1.165) is 0 Å². The number of anilines is 1. The minimum atomic E-state index is -0.645. The van der Waals surface area contributed by atoms with Crippen molar-refractivity contribution in [1.82, 2.24) is 5.32 Å². The summed E-state index contributed by atoms with van der Waals surface area (Å²) in [5, 5.41) is 5.86. The fraction of sp³-hybridized carbons (Fsp3) is 0.211. The largest absolute Gasteiger partial charge is 0.469 e. The summed E-state index contributed by atoms with van der Waals surface area (Å²) in [4.78, 5) is 35.5. The molecule has 0 aliphatic rings. The molecule has 2 N–H and O–H groups in total. The Morgan fingerprint density at radius 3 is 2.50 bits per heavy atom. The van der Waals surface area contributed by atoms with Crippen molar-refractivity contribution < 1.29 is 19.1 Å².